The van der Waals surface area contributed by atoms with E-state index in [1.54, 1.807) is 20.8 Å². The lowest BCUT2D eigenvalue weighted by atomic mass is 10.0. The molecule has 7 heteroatoms. The average molecular weight is 388 g/mol. The molecule has 0 bridgehead atoms. The molecule has 26 heavy (non-hydrogen) atoms. The number of hydrogen-bond acceptors (Lipinski definition) is 4. The molecule has 1 saturated heterocycles. The van der Waals surface area contributed by atoms with Gasteiger partial charge in [-0.2, -0.15) is 0 Å². The number of ether oxygens (including phenoxy) is 1. The lowest BCUT2D eigenvalue weighted by Crippen LogP contribution is -2.43. The molecule has 152 valence electrons. The maximum absolute atomic E-state index is 12.3. The predicted octanol–water partition coefficient (Wildman–Crippen LogP) is 4.50. The molecule has 0 radical (unpaired) electrons. The summed E-state index contributed by atoms with van der Waals surface area (Å²) in [6.07, 6.45) is 1.68. The van der Waals surface area contributed by atoms with Gasteiger partial charge in [-0.3, -0.25) is 4.90 Å². The highest BCUT2D eigenvalue weighted by Crippen LogP contribution is 2.37. The molecule has 0 aliphatic carbocycles. The third-order valence-electron chi connectivity index (χ3n) is 5.33. The Balaban J connectivity index is 2.55. The van der Waals surface area contributed by atoms with Gasteiger partial charge in [0.25, 0.3) is 0 Å². The van der Waals surface area contributed by atoms with E-state index in [0.717, 1.165) is 12.8 Å². The smallest absolute Gasteiger partial charge is 0.411 e. The van der Waals surface area contributed by atoms with E-state index in [-0.39, 0.29) is 11.0 Å². The van der Waals surface area contributed by atoms with Crippen LogP contribution in [0.4, 0.5) is 4.79 Å². The first-order valence-electron chi connectivity index (χ1n) is 9.50. The van der Waals surface area contributed by atoms with Crippen molar-refractivity contribution in [2.45, 2.75) is 90.6 Å². The highest BCUT2D eigenvalue weighted by atomic mass is 28.4. The van der Waals surface area contributed by atoms with Crippen LogP contribution in [0, 0.1) is 5.92 Å². The van der Waals surface area contributed by atoms with Crippen molar-refractivity contribution in [3.8, 4) is 0 Å². The van der Waals surface area contributed by atoms with E-state index >= 15 is 0 Å². The maximum Gasteiger partial charge on any atom is 0.411 e. The predicted molar refractivity (Wildman–Crippen MR) is 105 cm³/mol. The number of carboxylic acids is 1. The van der Waals surface area contributed by atoms with Crippen LogP contribution in [-0.4, -0.2) is 55.2 Å². The summed E-state index contributed by atoms with van der Waals surface area (Å²) in [4.78, 5) is 25.2. The molecule has 6 nitrogen and oxygen atoms in total. The van der Waals surface area contributed by atoms with Crippen molar-refractivity contribution >= 4 is 20.4 Å². The molecule has 0 aromatic heterocycles. The van der Waals surface area contributed by atoms with Gasteiger partial charge in [0.15, 0.2) is 8.32 Å². The average Bonchev–Trinajstić information content (AvgIpc) is 2.85. The van der Waals surface area contributed by atoms with Crippen LogP contribution in [-0.2, 0) is 14.0 Å². The highest BCUT2D eigenvalue weighted by molar-refractivity contribution is 6.74. The van der Waals surface area contributed by atoms with Crippen molar-refractivity contribution in [2.75, 3.05) is 13.2 Å². The molecule has 0 aromatic rings. The van der Waals surface area contributed by atoms with E-state index in [4.69, 9.17) is 9.16 Å². The Morgan fingerprint density at radius 2 is 1.73 bits per heavy atom. The molecule has 0 aromatic carbocycles. The third kappa shape index (κ3) is 6.58. The zero-order valence-electron chi connectivity index (χ0n) is 17.7. The molecule has 0 saturated carbocycles. The lowest BCUT2D eigenvalue weighted by Gasteiger charge is -2.36. The van der Waals surface area contributed by atoms with Gasteiger partial charge in [-0.1, -0.05) is 20.8 Å². The SMILES string of the molecule is CC(C)(C)OC(=O)N1C[C@H](CCCO[Si](C)(C)C(C)(C)C)C[C@H]1C(=O)O. The van der Waals surface area contributed by atoms with Gasteiger partial charge in [0.2, 0.25) is 0 Å². The van der Waals surface area contributed by atoms with Crippen LogP contribution in [0.2, 0.25) is 18.1 Å². The minimum absolute atomic E-state index is 0.173. The Hall–Kier alpha value is -1.08. The molecule has 2 atom stereocenters. The molecule has 1 amide bonds. The number of carbonyl (C=O) groups excluding carboxylic acids is 1. The first kappa shape index (κ1) is 23.0. The molecule has 0 unspecified atom stereocenters. The summed E-state index contributed by atoms with van der Waals surface area (Å²) in [5, 5.41) is 9.63. The molecular formula is C19H37NO5Si. The van der Waals surface area contributed by atoms with Gasteiger partial charge >= 0.3 is 12.1 Å². The van der Waals surface area contributed by atoms with Gasteiger partial charge in [0.05, 0.1) is 0 Å². The van der Waals surface area contributed by atoms with E-state index in [1.165, 1.54) is 4.90 Å². The summed E-state index contributed by atoms with van der Waals surface area (Å²) in [6.45, 7) is 17.6. The number of likely N-dealkylation sites (tertiary alicyclic amines) is 1. The normalized spacial score (nSPS) is 21.8. The fourth-order valence-corrected chi connectivity index (χ4v) is 3.89. The molecule has 1 aliphatic rings. The first-order valence-corrected chi connectivity index (χ1v) is 12.4. The van der Waals surface area contributed by atoms with Crippen LogP contribution in [0.5, 0.6) is 0 Å². The van der Waals surface area contributed by atoms with E-state index < -0.39 is 32.0 Å². The monoisotopic (exact) mass is 387 g/mol. The molecule has 0 spiro atoms. The molecule has 1 heterocycles. The van der Waals surface area contributed by atoms with Gasteiger partial charge in [0, 0.05) is 13.2 Å². The van der Waals surface area contributed by atoms with E-state index in [0.29, 0.717) is 19.6 Å². The summed E-state index contributed by atoms with van der Waals surface area (Å²) in [6, 6.07) is -0.795. The minimum atomic E-state index is -1.75. The number of carbonyl (C=O) groups is 2. The van der Waals surface area contributed by atoms with Crippen molar-refractivity contribution < 1.29 is 23.9 Å². The van der Waals surface area contributed by atoms with Crippen molar-refractivity contribution in [3.05, 3.63) is 0 Å². The first-order chi connectivity index (χ1) is 11.6. The molecule has 1 fully saturated rings. The van der Waals surface area contributed by atoms with E-state index in [9.17, 15) is 14.7 Å². The van der Waals surface area contributed by atoms with Gasteiger partial charge in [0.1, 0.15) is 11.6 Å². The van der Waals surface area contributed by atoms with Crippen LogP contribution < -0.4 is 0 Å². The van der Waals surface area contributed by atoms with Crippen LogP contribution in [0.3, 0.4) is 0 Å². The Kier molecular flexibility index (Phi) is 7.32. The highest BCUT2D eigenvalue weighted by Gasteiger charge is 2.41. The van der Waals surface area contributed by atoms with Gasteiger partial charge in [-0.05, 0) is 64.1 Å². The zero-order chi connectivity index (χ0) is 20.3. The standard InChI is InChI=1S/C19H37NO5Si/c1-18(2,3)25-17(23)20-13-14(12-15(20)16(21)22)10-9-11-24-26(7,8)19(4,5)6/h14-15H,9-13H2,1-8H3,(H,21,22)/t14-,15+/m1/s1. The Bertz CT molecular complexity index is 507. The van der Waals surface area contributed by atoms with Crippen molar-refractivity contribution in [1.29, 1.82) is 0 Å². The van der Waals surface area contributed by atoms with Crippen LogP contribution in [0.15, 0.2) is 0 Å². The van der Waals surface area contributed by atoms with Crippen molar-refractivity contribution in [1.82, 2.24) is 4.90 Å². The van der Waals surface area contributed by atoms with Crippen LogP contribution in [0.25, 0.3) is 0 Å². The second kappa shape index (κ2) is 8.29. The number of carboxylic acid groups (broad SMARTS) is 1. The van der Waals surface area contributed by atoms with Crippen molar-refractivity contribution in [3.63, 3.8) is 0 Å². The summed E-state index contributed by atoms with van der Waals surface area (Å²) < 4.78 is 11.5. The van der Waals surface area contributed by atoms with E-state index in [1.807, 2.05) is 0 Å². The van der Waals surface area contributed by atoms with Gasteiger partial charge in [-0.15, -0.1) is 0 Å². The summed E-state index contributed by atoms with van der Waals surface area (Å²) in [7, 11) is -1.75. The minimum Gasteiger partial charge on any atom is -0.480 e. The second-order valence-electron chi connectivity index (χ2n) is 9.84. The van der Waals surface area contributed by atoms with Crippen LogP contribution >= 0.6 is 0 Å². The Morgan fingerprint density at radius 3 is 2.19 bits per heavy atom. The Labute approximate surface area is 159 Å². The lowest BCUT2D eigenvalue weighted by molar-refractivity contribution is -0.142. The molecule has 1 aliphatic heterocycles. The quantitative estimate of drug-likeness (QED) is 0.536. The molecular weight excluding hydrogens is 350 g/mol. The number of amides is 1. The molecule has 1 N–H and O–H groups in total. The maximum atomic E-state index is 12.3. The topological polar surface area (TPSA) is 76.1 Å². The largest absolute Gasteiger partial charge is 0.480 e. The van der Waals surface area contributed by atoms with Crippen LogP contribution in [0.1, 0.15) is 60.8 Å². The van der Waals surface area contributed by atoms with E-state index in [2.05, 4.69) is 33.9 Å². The third-order valence-corrected chi connectivity index (χ3v) is 9.86. The Morgan fingerprint density at radius 1 is 1.15 bits per heavy atom. The second-order valence-corrected chi connectivity index (χ2v) is 14.6. The number of rotatable bonds is 6. The number of aliphatic carboxylic acids is 1. The summed E-state index contributed by atoms with van der Waals surface area (Å²) in [5.74, 6) is -0.789. The zero-order valence-corrected chi connectivity index (χ0v) is 18.7. The van der Waals surface area contributed by atoms with Gasteiger partial charge in [-0.25, -0.2) is 9.59 Å². The molecule has 1 rings (SSSR count). The number of nitrogens with zero attached hydrogens (tertiary/aromatic N) is 1. The number of hydrogen-bond donors (Lipinski definition) is 1. The van der Waals surface area contributed by atoms with Crippen molar-refractivity contribution in [2.24, 2.45) is 5.92 Å². The summed E-state index contributed by atoms with van der Waals surface area (Å²) in [5.41, 5.74) is -0.630. The summed E-state index contributed by atoms with van der Waals surface area (Å²) >= 11 is 0. The fraction of sp³-hybridized carbons (Fsp3) is 0.895. The fourth-order valence-electron chi connectivity index (χ4n) is 2.80. The van der Waals surface area contributed by atoms with Gasteiger partial charge < -0.3 is 14.3 Å².